The van der Waals surface area contributed by atoms with Crippen LogP contribution in [-0.2, 0) is 20.7 Å². The maximum atomic E-state index is 12.7. The molecule has 0 bridgehead atoms. The SMILES string of the molecule is CCOCC(=O)N1CCC(N2CCC[C@H](C(=O)NCCc3ccccc3)C2)CC1. The molecule has 160 valence electrons. The summed E-state index contributed by atoms with van der Waals surface area (Å²) in [4.78, 5) is 29.2. The van der Waals surface area contributed by atoms with E-state index in [0.717, 1.165) is 58.3 Å². The molecule has 2 heterocycles. The van der Waals surface area contributed by atoms with Crippen LogP contribution in [0.2, 0.25) is 0 Å². The van der Waals surface area contributed by atoms with Gasteiger partial charge in [-0.1, -0.05) is 30.3 Å². The smallest absolute Gasteiger partial charge is 0.248 e. The first-order valence-electron chi connectivity index (χ1n) is 11.1. The van der Waals surface area contributed by atoms with Crippen molar-refractivity contribution in [2.24, 2.45) is 5.92 Å². The fourth-order valence-corrected chi connectivity index (χ4v) is 4.43. The van der Waals surface area contributed by atoms with Gasteiger partial charge in [0.1, 0.15) is 6.61 Å². The van der Waals surface area contributed by atoms with Gasteiger partial charge in [0.25, 0.3) is 0 Å². The summed E-state index contributed by atoms with van der Waals surface area (Å²) in [7, 11) is 0. The molecule has 0 spiro atoms. The number of nitrogens with zero attached hydrogens (tertiary/aromatic N) is 2. The molecule has 0 aliphatic carbocycles. The highest BCUT2D eigenvalue weighted by Gasteiger charge is 2.32. The molecule has 2 saturated heterocycles. The van der Waals surface area contributed by atoms with E-state index in [1.807, 2.05) is 30.0 Å². The number of benzene rings is 1. The van der Waals surface area contributed by atoms with Crippen molar-refractivity contribution in [1.29, 1.82) is 0 Å². The summed E-state index contributed by atoms with van der Waals surface area (Å²) in [5.41, 5.74) is 1.25. The van der Waals surface area contributed by atoms with E-state index < -0.39 is 0 Å². The summed E-state index contributed by atoms with van der Waals surface area (Å²) in [5.74, 6) is 0.367. The van der Waals surface area contributed by atoms with Crippen LogP contribution in [0.3, 0.4) is 0 Å². The predicted molar refractivity (Wildman–Crippen MR) is 114 cm³/mol. The van der Waals surface area contributed by atoms with E-state index in [1.54, 1.807) is 0 Å². The highest BCUT2D eigenvalue weighted by molar-refractivity contribution is 5.79. The Kier molecular flexibility index (Phi) is 8.50. The number of hydrogen-bond acceptors (Lipinski definition) is 4. The third-order valence-electron chi connectivity index (χ3n) is 6.14. The molecule has 1 aromatic carbocycles. The Labute approximate surface area is 174 Å². The molecule has 1 N–H and O–H groups in total. The number of rotatable bonds is 8. The van der Waals surface area contributed by atoms with E-state index in [9.17, 15) is 9.59 Å². The summed E-state index contributed by atoms with van der Waals surface area (Å²) in [6.07, 6.45) is 4.89. The summed E-state index contributed by atoms with van der Waals surface area (Å²) >= 11 is 0. The Hall–Kier alpha value is -1.92. The second kappa shape index (κ2) is 11.3. The van der Waals surface area contributed by atoms with Crippen molar-refractivity contribution in [2.75, 3.05) is 45.9 Å². The fraction of sp³-hybridized carbons (Fsp3) is 0.652. The first-order valence-corrected chi connectivity index (χ1v) is 11.1. The van der Waals surface area contributed by atoms with Crippen molar-refractivity contribution < 1.29 is 14.3 Å². The molecule has 3 rings (SSSR count). The van der Waals surface area contributed by atoms with Gasteiger partial charge in [0.05, 0.1) is 5.92 Å². The Morgan fingerprint density at radius 2 is 1.86 bits per heavy atom. The maximum absolute atomic E-state index is 12.7. The molecular formula is C23H35N3O3. The first-order chi connectivity index (χ1) is 14.2. The Morgan fingerprint density at radius 1 is 1.10 bits per heavy atom. The van der Waals surface area contributed by atoms with Gasteiger partial charge in [-0.3, -0.25) is 14.5 Å². The highest BCUT2D eigenvalue weighted by Crippen LogP contribution is 2.24. The number of nitrogens with one attached hydrogen (secondary N) is 1. The predicted octanol–water partition coefficient (Wildman–Crippen LogP) is 2.08. The number of piperidine rings is 2. The second-order valence-corrected chi connectivity index (χ2v) is 8.11. The van der Waals surface area contributed by atoms with Gasteiger partial charge in [-0.15, -0.1) is 0 Å². The zero-order chi connectivity index (χ0) is 20.5. The number of likely N-dealkylation sites (tertiary alicyclic amines) is 2. The maximum Gasteiger partial charge on any atom is 0.248 e. The van der Waals surface area contributed by atoms with Crippen molar-refractivity contribution in [3.63, 3.8) is 0 Å². The lowest BCUT2D eigenvalue weighted by molar-refractivity contribution is -0.137. The van der Waals surface area contributed by atoms with Crippen LogP contribution in [0.5, 0.6) is 0 Å². The van der Waals surface area contributed by atoms with Gasteiger partial charge in [0.15, 0.2) is 0 Å². The van der Waals surface area contributed by atoms with Crippen molar-refractivity contribution in [3.05, 3.63) is 35.9 Å². The van der Waals surface area contributed by atoms with Crippen LogP contribution in [0.4, 0.5) is 0 Å². The fourth-order valence-electron chi connectivity index (χ4n) is 4.43. The van der Waals surface area contributed by atoms with Gasteiger partial charge in [0, 0.05) is 38.8 Å². The molecule has 6 heteroatoms. The minimum atomic E-state index is 0.0807. The van der Waals surface area contributed by atoms with E-state index in [-0.39, 0.29) is 24.3 Å². The molecule has 0 radical (unpaired) electrons. The van der Waals surface area contributed by atoms with Crippen LogP contribution < -0.4 is 5.32 Å². The van der Waals surface area contributed by atoms with E-state index in [1.165, 1.54) is 5.56 Å². The van der Waals surface area contributed by atoms with Gasteiger partial charge in [-0.05, 0) is 51.1 Å². The largest absolute Gasteiger partial charge is 0.372 e. The standard InChI is InChI=1S/C23H35N3O3/c1-2-29-18-22(27)25-15-11-21(12-16-25)26-14-6-9-20(17-26)23(28)24-13-10-19-7-4-3-5-8-19/h3-5,7-8,20-21H,2,6,9-18H2,1H3,(H,24,28)/t20-/m0/s1. The molecule has 0 saturated carbocycles. The quantitative estimate of drug-likeness (QED) is 0.725. The lowest BCUT2D eigenvalue weighted by atomic mass is 9.93. The van der Waals surface area contributed by atoms with E-state index in [0.29, 0.717) is 19.2 Å². The molecule has 29 heavy (non-hydrogen) atoms. The van der Waals surface area contributed by atoms with Crippen LogP contribution in [0.1, 0.15) is 38.2 Å². The number of amides is 2. The van der Waals surface area contributed by atoms with E-state index in [4.69, 9.17) is 4.74 Å². The average Bonchev–Trinajstić information content (AvgIpc) is 2.78. The van der Waals surface area contributed by atoms with Gasteiger partial charge in [0.2, 0.25) is 11.8 Å². The normalized spacial score (nSPS) is 21.1. The Morgan fingerprint density at radius 3 is 2.59 bits per heavy atom. The molecule has 0 unspecified atom stereocenters. The molecule has 6 nitrogen and oxygen atoms in total. The minimum Gasteiger partial charge on any atom is -0.372 e. The van der Waals surface area contributed by atoms with Crippen molar-refractivity contribution in [1.82, 2.24) is 15.1 Å². The second-order valence-electron chi connectivity index (χ2n) is 8.11. The zero-order valence-electron chi connectivity index (χ0n) is 17.6. The molecule has 2 aliphatic rings. The first kappa shape index (κ1) is 21.8. The topological polar surface area (TPSA) is 61.9 Å². The van der Waals surface area contributed by atoms with Gasteiger partial charge < -0.3 is 15.0 Å². The van der Waals surface area contributed by atoms with Crippen LogP contribution in [-0.4, -0.2) is 73.6 Å². The van der Waals surface area contributed by atoms with E-state index in [2.05, 4.69) is 22.3 Å². The number of carbonyl (C=O) groups is 2. The van der Waals surface area contributed by atoms with Crippen LogP contribution in [0.15, 0.2) is 30.3 Å². The summed E-state index contributed by atoms with van der Waals surface area (Å²) in [5, 5.41) is 3.13. The lowest BCUT2D eigenvalue weighted by Gasteiger charge is -2.42. The summed E-state index contributed by atoms with van der Waals surface area (Å²) in [6.45, 7) is 6.85. The number of ether oxygens (including phenoxy) is 1. The Bertz CT molecular complexity index is 644. The van der Waals surface area contributed by atoms with Gasteiger partial charge in [-0.2, -0.15) is 0 Å². The Balaban J connectivity index is 1.40. The van der Waals surface area contributed by atoms with Crippen LogP contribution in [0, 0.1) is 5.92 Å². The molecular weight excluding hydrogens is 366 g/mol. The van der Waals surface area contributed by atoms with Crippen molar-refractivity contribution in [2.45, 2.75) is 45.1 Å². The third-order valence-corrected chi connectivity index (χ3v) is 6.14. The average molecular weight is 402 g/mol. The van der Waals surface area contributed by atoms with Gasteiger partial charge in [-0.25, -0.2) is 0 Å². The third kappa shape index (κ3) is 6.54. The molecule has 1 aromatic rings. The van der Waals surface area contributed by atoms with Crippen LogP contribution in [0.25, 0.3) is 0 Å². The molecule has 2 amide bonds. The zero-order valence-corrected chi connectivity index (χ0v) is 17.6. The summed E-state index contributed by atoms with van der Waals surface area (Å²) < 4.78 is 5.25. The van der Waals surface area contributed by atoms with Crippen molar-refractivity contribution >= 4 is 11.8 Å². The molecule has 2 fully saturated rings. The monoisotopic (exact) mass is 401 g/mol. The highest BCUT2D eigenvalue weighted by atomic mass is 16.5. The van der Waals surface area contributed by atoms with Crippen LogP contribution >= 0.6 is 0 Å². The van der Waals surface area contributed by atoms with Gasteiger partial charge >= 0.3 is 0 Å². The lowest BCUT2D eigenvalue weighted by Crippen LogP contribution is -2.52. The number of hydrogen-bond donors (Lipinski definition) is 1. The molecule has 1 atom stereocenters. The summed E-state index contributed by atoms with van der Waals surface area (Å²) in [6, 6.07) is 10.8. The van der Waals surface area contributed by atoms with E-state index >= 15 is 0 Å². The molecule has 0 aromatic heterocycles. The number of carbonyl (C=O) groups excluding carboxylic acids is 2. The van der Waals surface area contributed by atoms with Crippen molar-refractivity contribution in [3.8, 4) is 0 Å². The minimum absolute atomic E-state index is 0.0807. The molecule has 2 aliphatic heterocycles.